The number of amides is 1. The Balaban J connectivity index is 0.000000534. The van der Waals surface area contributed by atoms with Crippen molar-refractivity contribution < 1.29 is 29.7 Å². The summed E-state index contributed by atoms with van der Waals surface area (Å²) in [6.07, 6.45) is 10.2. The summed E-state index contributed by atoms with van der Waals surface area (Å²) in [4.78, 5) is 35.6. The fourth-order valence-corrected chi connectivity index (χ4v) is 4.20. The third kappa shape index (κ3) is 8.80. The van der Waals surface area contributed by atoms with Crippen LogP contribution in [0.3, 0.4) is 0 Å². The van der Waals surface area contributed by atoms with Gasteiger partial charge in [0.15, 0.2) is 0 Å². The summed E-state index contributed by atoms with van der Waals surface area (Å²) in [7, 11) is 0. The lowest BCUT2D eigenvalue weighted by atomic mass is 9.91. The first-order chi connectivity index (χ1) is 15.4. The minimum Gasteiger partial charge on any atom is -0.473 e. The lowest BCUT2D eigenvalue weighted by Gasteiger charge is -2.36. The number of benzene rings is 1. The molecule has 0 saturated carbocycles. The topological polar surface area (TPSA) is 118 Å². The number of aliphatic hydroxyl groups is 1. The first kappa shape index (κ1) is 25.5. The van der Waals surface area contributed by atoms with Crippen LogP contribution < -0.4 is 0 Å². The Morgan fingerprint density at radius 3 is 2.16 bits per heavy atom. The normalized spacial score (nSPS) is 19.0. The van der Waals surface area contributed by atoms with E-state index in [0.29, 0.717) is 13.1 Å². The molecule has 32 heavy (non-hydrogen) atoms. The monoisotopic (exact) mass is 446 g/mol. The Morgan fingerprint density at radius 1 is 0.969 bits per heavy atom. The second-order valence-corrected chi connectivity index (χ2v) is 8.30. The number of hydrogen-bond donors (Lipinski definition) is 3. The molecule has 8 heteroatoms. The van der Waals surface area contributed by atoms with E-state index >= 15 is 0 Å². The Morgan fingerprint density at radius 2 is 1.62 bits per heavy atom. The van der Waals surface area contributed by atoms with Gasteiger partial charge in [-0.1, -0.05) is 42.5 Å². The molecule has 3 rings (SSSR count). The highest BCUT2D eigenvalue weighted by Gasteiger charge is 2.29. The van der Waals surface area contributed by atoms with Crippen molar-refractivity contribution in [3.05, 3.63) is 48.0 Å². The van der Waals surface area contributed by atoms with Crippen molar-refractivity contribution in [3.63, 3.8) is 0 Å². The SMILES string of the molecule is O=C(C1CCN(CC2CC=CCC2)CC1)N(CCO)Cc1ccccc1.O=C(O)C(=O)O. The van der Waals surface area contributed by atoms with Crippen molar-refractivity contribution in [2.75, 3.05) is 32.8 Å². The first-order valence-corrected chi connectivity index (χ1v) is 11.2. The van der Waals surface area contributed by atoms with Gasteiger partial charge in [-0.25, -0.2) is 9.59 Å². The van der Waals surface area contributed by atoms with Crippen LogP contribution in [-0.2, 0) is 20.9 Å². The van der Waals surface area contributed by atoms with Gasteiger partial charge in [-0.05, 0) is 56.7 Å². The minimum absolute atomic E-state index is 0.0205. The number of rotatable bonds is 7. The van der Waals surface area contributed by atoms with Gasteiger partial charge in [-0.3, -0.25) is 4.79 Å². The van der Waals surface area contributed by atoms with Gasteiger partial charge in [0.25, 0.3) is 0 Å². The molecule has 1 aliphatic heterocycles. The summed E-state index contributed by atoms with van der Waals surface area (Å²) in [5.74, 6) is -2.54. The summed E-state index contributed by atoms with van der Waals surface area (Å²) in [5, 5.41) is 24.2. The molecule has 1 amide bonds. The predicted molar refractivity (Wildman–Crippen MR) is 120 cm³/mol. The maximum Gasteiger partial charge on any atom is 0.414 e. The van der Waals surface area contributed by atoms with Gasteiger partial charge in [0.05, 0.1) is 6.61 Å². The van der Waals surface area contributed by atoms with Gasteiger partial charge in [0.1, 0.15) is 0 Å². The zero-order chi connectivity index (χ0) is 23.3. The van der Waals surface area contributed by atoms with E-state index in [4.69, 9.17) is 19.8 Å². The van der Waals surface area contributed by atoms with Gasteiger partial charge in [-0.2, -0.15) is 0 Å². The summed E-state index contributed by atoms with van der Waals surface area (Å²) < 4.78 is 0. The molecule has 0 aromatic heterocycles. The molecule has 1 aromatic carbocycles. The van der Waals surface area contributed by atoms with E-state index in [-0.39, 0.29) is 18.4 Å². The highest BCUT2D eigenvalue weighted by atomic mass is 16.4. The van der Waals surface area contributed by atoms with Gasteiger partial charge in [0, 0.05) is 25.6 Å². The van der Waals surface area contributed by atoms with Crippen LogP contribution in [0.15, 0.2) is 42.5 Å². The molecule has 176 valence electrons. The van der Waals surface area contributed by atoms with Gasteiger partial charge >= 0.3 is 11.9 Å². The molecule has 1 atom stereocenters. The molecule has 8 nitrogen and oxygen atoms in total. The number of aliphatic carboxylic acids is 2. The average Bonchev–Trinajstić information content (AvgIpc) is 2.80. The van der Waals surface area contributed by atoms with Crippen LogP contribution in [0.2, 0.25) is 0 Å². The standard InChI is InChI=1S/C22H32N2O2.C2H2O4/c25-16-15-24(18-20-9-5-2-6-10-20)22(26)21-11-13-23(14-12-21)17-19-7-3-1-4-8-19;3-1(4)2(5)6/h1-3,5-6,9-10,19,21,25H,4,7-8,11-18H2;(H,3,4)(H,5,6). The second-order valence-electron chi connectivity index (χ2n) is 8.30. The number of likely N-dealkylation sites (tertiary alicyclic amines) is 1. The molecule has 0 bridgehead atoms. The molecule has 3 N–H and O–H groups in total. The van der Waals surface area contributed by atoms with Crippen LogP contribution in [-0.4, -0.2) is 75.8 Å². The van der Waals surface area contributed by atoms with Crippen molar-refractivity contribution >= 4 is 17.8 Å². The lowest BCUT2D eigenvalue weighted by molar-refractivity contribution is -0.159. The molecule has 0 spiro atoms. The number of piperidine rings is 1. The van der Waals surface area contributed by atoms with E-state index in [1.165, 1.54) is 25.8 Å². The van der Waals surface area contributed by atoms with Gasteiger partial charge in [-0.15, -0.1) is 0 Å². The van der Waals surface area contributed by atoms with Crippen LogP contribution in [0.4, 0.5) is 0 Å². The zero-order valence-electron chi connectivity index (χ0n) is 18.4. The Bertz CT molecular complexity index is 747. The van der Waals surface area contributed by atoms with Crippen molar-refractivity contribution in [1.29, 1.82) is 0 Å². The van der Waals surface area contributed by atoms with E-state index in [9.17, 15) is 9.90 Å². The van der Waals surface area contributed by atoms with Crippen LogP contribution in [0.5, 0.6) is 0 Å². The molecule has 1 aromatic rings. The summed E-state index contributed by atoms with van der Waals surface area (Å²) in [6.45, 7) is 4.25. The Kier molecular flexibility index (Phi) is 10.9. The number of nitrogens with zero attached hydrogens (tertiary/aromatic N) is 2. The zero-order valence-corrected chi connectivity index (χ0v) is 18.4. The fraction of sp³-hybridized carbons (Fsp3) is 0.542. The molecule has 1 fully saturated rings. The van der Waals surface area contributed by atoms with E-state index in [0.717, 1.165) is 37.4 Å². The molecule has 1 aliphatic carbocycles. The van der Waals surface area contributed by atoms with Crippen LogP contribution in [0, 0.1) is 11.8 Å². The van der Waals surface area contributed by atoms with Crippen molar-refractivity contribution in [2.45, 2.75) is 38.6 Å². The van der Waals surface area contributed by atoms with Crippen LogP contribution in [0.1, 0.15) is 37.7 Å². The van der Waals surface area contributed by atoms with E-state index in [2.05, 4.69) is 17.1 Å². The number of aliphatic hydroxyl groups excluding tert-OH is 1. The van der Waals surface area contributed by atoms with Crippen LogP contribution in [0.25, 0.3) is 0 Å². The number of carboxylic acid groups (broad SMARTS) is 2. The maximum absolute atomic E-state index is 13.0. The van der Waals surface area contributed by atoms with Gasteiger partial charge in [0.2, 0.25) is 5.91 Å². The van der Waals surface area contributed by atoms with Crippen molar-refractivity contribution in [2.24, 2.45) is 11.8 Å². The minimum atomic E-state index is -1.82. The molecule has 0 radical (unpaired) electrons. The van der Waals surface area contributed by atoms with E-state index in [1.54, 1.807) is 0 Å². The highest BCUT2D eigenvalue weighted by Crippen LogP contribution is 2.24. The first-order valence-electron chi connectivity index (χ1n) is 11.2. The second kappa shape index (κ2) is 13.6. The number of allylic oxidation sites excluding steroid dienone is 2. The molecule has 1 heterocycles. The van der Waals surface area contributed by atoms with Gasteiger partial charge < -0.3 is 25.1 Å². The summed E-state index contributed by atoms with van der Waals surface area (Å²) in [5.41, 5.74) is 1.12. The van der Waals surface area contributed by atoms with Crippen LogP contribution >= 0.6 is 0 Å². The third-order valence-corrected chi connectivity index (χ3v) is 5.91. The third-order valence-electron chi connectivity index (χ3n) is 5.91. The number of hydrogen-bond acceptors (Lipinski definition) is 5. The molecule has 2 aliphatic rings. The predicted octanol–water partition coefficient (Wildman–Crippen LogP) is 2.23. The Hall–Kier alpha value is -2.71. The maximum atomic E-state index is 13.0. The average molecular weight is 447 g/mol. The van der Waals surface area contributed by atoms with E-state index < -0.39 is 11.9 Å². The fourth-order valence-electron chi connectivity index (χ4n) is 4.20. The quantitative estimate of drug-likeness (QED) is 0.434. The Labute approximate surface area is 189 Å². The molecular weight excluding hydrogens is 412 g/mol. The number of carbonyl (C=O) groups excluding carboxylic acids is 1. The van der Waals surface area contributed by atoms with Crippen molar-refractivity contribution in [3.8, 4) is 0 Å². The summed E-state index contributed by atoms with van der Waals surface area (Å²) in [6, 6.07) is 10.1. The largest absolute Gasteiger partial charge is 0.473 e. The molecule has 1 unspecified atom stereocenters. The summed E-state index contributed by atoms with van der Waals surface area (Å²) >= 11 is 0. The van der Waals surface area contributed by atoms with E-state index in [1.807, 2.05) is 35.2 Å². The number of carbonyl (C=O) groups is 3. The smallest absolute Gasteiger partial charge is 0.414 e. The molecular formula is C24H34N2O6. The molecule has 1 saturated heterocycles. The van der Waals surface area contributed by atoms with Crippen molar-refractivity contribution in [1.82, 2.24) is 9.80 Å². The number of carboxylic acids is 2. The lowest BCUT2D eigenvalue weighted by Crippen LogP contribution is -2.44. The highest BCUT2D eigenvalue weighted by molar-refractivity contribution is 6.27.